The smallest absolute Gasteiger partial charge is 0.171 e. The highest BCUT2D eigenvalue weighted by Crippen LogP contribution is 2.29. The van der Waals surface area contributed by atoms with Crippen molar-refractivity contribution in [2.75, 3.05) is 5.88 Å². The second kappa shape index (κ2) is 5.41. The van der Waals surface area contributed by atoms with Gasteiger partial charge in [0.25, 0.3) is 0 Å². The molecular weight excluding hydrogens is 276 g/mol. The molecule has 0 saturated heterocycles. The normalized spacial score (nSPS) is 12.0. The molecule has 0 spiro atoms. The Balaban J connectivity index is 2.30. The van der Waals surface area contributed by atoms with Crippen LogP contribution in [0.5, 0.6) is 0 Å². The van der Waals surface area contributed by atoms with Gasteiger partial charge in [0.15, 0.2) is 11.7 Å². The van der Waals surface area contributed by atoms with Gasteiger partial charge >= 0.3 is 0 Å². The summed E-state index contributed by atoms with van der Waals surface area (Å²) in [5.41, 5.74) is 0.808. The number of nitriles is 1. The van der Waals surface area contributed by atoms with Crippen LogP contribution >= 0.6 is 34.3 Å². The van der Waals surface area contributed by atoms with Crippen molar-refractivity contribution < 1.29 is 4.79 Å². The number of ketones is 1. The van der Waals surface area contributed by atoms with Crippen molar-refractivity contribution in [3.05, 3.63) is 27.9 Å². The Hall–Kier alpha value is -1.22. The average Bonchev–Trinajstić information content (AvgIpc) is 2.99. The van der Waals surface area contributed by atoms with Crippen molar-refractivity contribution in [2.24, 2.45) is 0 Å². The summed E-state index contributed by atoms with van der Waals surface area (Å²) in [6, 6.07) is 5.83. The van der Waals surface area contributed by atoms with E-state index in [4.69, 9.17) is 16.9 Å². The maximum absolute atomic E-state index is 11.5. The lowest BCUT2D eigenvalue weighted by Gasteiger charge is -2.00. The van der Waals surface area contributed by atoms with Crippen molar-refractivity contribution in [3.63, 3.8) is 0 Å². The third-order valence-corrected chi connectivity index (χ3v) is 4.19. The van der Waals surface area contributed by atoms with Crippen LogP contribution < -0.4 is 0 Å². The lowest BCUT2D eigenvalue weighted by atomic mass is 10.1. The molecule has 17 heavy (non-hydrogen) atoms. The lowest BCUT2D eigenvalue weighted by molar-refractivity contribution is -0.117. The molecule has 1 atom stereocenters. The van der Waals surface area contributed by atoms with Gasteiger partial charge in [0.05, 0.1) is 22.5 Å². The minimum atomic E-state index is -0.841. The van der Waals surface area contributed by atoms with Crippen LogP contribution in [0.4, 0.5) is 0 Å². The van der Waals surface area contributed by atoms with Gasteiger partial charge in [-0.3, -0.25) is 4.79 Å². The quantitative estimate of drug-likeness (QED) is 0.809. The number of thiophene rings is 1. The zero-order chi connectivity index (χ0) is 12.3. The molecule has 0 aliphatic heterocycles. The predicted molar refractivity (Wildman–Crippen MR) is 69.5 cm³/mol. The number of halogens is 1. The molecule has 2 aromatic rings. The first-order chi connectivity index (χ1) is 8.26. The number of alkyl halides is 1. The average molecular weight is 283 g/mol. The van der Waals surface area contributed by atoms with E-state index in [0.717, 1.165) is 10.6 Å². The fraction of sp³-hybridized carbons (Fsp3) is 0.182. The molecule has 86 valence electrons. The maximum atomic E-state index is 11.5. The molecule has 2 aromatic heterocycles. The number of carbonyl (C=O) groups is 1. The molecule has 0 aromatic carbocycles. The largest absolute Gasteiger partial charge is 0.296 e. The number of hydrogen-bond acceptors (Lipinski definition) is 5. The van der Waals surface area contributed by atoms with E-state index in [1.54, 1.807) is 11.3 Å². The van der Waals surface area contributed by atoms with E-state index in [0.29, 0.717) is 5.01 Å². The van der Waals surface area contributed by atoms with E-state index in [-0.39, 0.29) is 11.7 Å². The fourth-order valence-electron chi connectivity index (χ4n) is 1.30. The zero-order valence-corrected chi connectivity index (χ0v) is 11.0. The van der Waals surface area contributed by atoms with Crippen molar-refractivity contribution in [1.82, 2.24) is 4.98 Å². The molecule has 0 radical (unpaired) electrons. The minimum absolute atomic E-state index is 0.161. The number of hydrogen-bond donors (Lipinski definition) is 0. The van der Waals surface area contributed by atoms with E-state index in [2.05, 4.69) is 4.98 Å². The van der Waals surface area contributed by atoms with Gasteiger partial charge in [-0.15, -0.1) is 34.3 Å². The van der Waals surface area contributed by atoms with E-state index >= 15 is 0 Å². The first kappa shape index (κ1) is 12.2. The zero-order valence-electron chi connectivity index (χ0n) is 8.59. The summed E-state index contributed by atoms with van der Waals surface area (Å²) < 4.78 is 0. The molecule has 0 aliphatic rings. The summed E-state index contributed by atoms with van der Waals surface area (Å²) in [6.45, 7) is 0. The molecule has 0 amide bonds. The highest BCUT2D eigenvalue weighted by Gasteiger charge is 2.22. The van der Waals surface area contributed by atoms with Crippen LogP contribution in [0.3, 0.4) is 0 Å². The molecule has 2 rings (SSSR count). The third-order valence-electron chi connectivity index (χ3n) is 2.13. The van der Waals surface area contributed by atoms with Gasteiger partial charge in [0.1, 0.15) is 5.01 Å². The molecule has 0 bridgehead atoms. The van der Waals surface area contributed by atoms with Crippen LogP contribution in [-0.4, -0.2) is 16.6 Å². The van der Waals surface area contributed by atoms with E-state index in [1.807, 2.05) is 29.0 Å². The number of Topliss-reactive ketones (excluding diaryl/α,β-unsaturated/α-hetero) is 1. The van der Waals surface area contributed by atoms with Crippen LogP contribution in [0, 0.1) is 11.3 Å². The first-order valence-electron chi connectivity index (χ1n) is 4.74. The van der Waals surface area contributed by atoms with E-state index in [1.165, 1.54) is 11.3 Å². The van der Waals surface area contributed by atoms with Crippen LogP contribution in [-0.2, 0) is 4.79 Å². The summed E-state index contributed by atoms with van der Waals surface area (Å²) in [5, 5.41) is 13.3. The number of carbonyl (C=O) groups excluding carboxylic acids is 1. The Morgan fingerprint density at radius 3 is 3.00 bits per heavy atom. The molecule has 0 N–H and O–H groups in total. The number of nitrogens with zero attached hydrogens (tertiary/aromatic N) is 2. The van der Waals surface area contributed by atoms with Crippen molar-refractivity contribution in [2.45, 2.75) is 5.92 Å². The van der Waals surface area contributed by atoms with Gasteiger partial charge in [0, 0.05) is 5.38 Å². The summed E-state index contributed by atoms with van der Waals surface area (Å²) >= 11 is 8.35. The summed E-state index contributed by atoms with van der Waals surface area (Å²) in [7, 11) is 0. The second-order valence-corrected chi connectivity index (χ2v) is 5.31. The van der Waals surface area contributed by atoms with E-state index < -0.39 is 5.92 Å². The third kappa shape index (κ3) is 2.55. The first-order valence-corrected chi connectivity index (χ1v) is 7.03. The Morgan fingerprint density at radius 2 is 2.41 bits per heavy atom. The minimum Gasteiger partial charge on any atom is -0.296 e. The summed E-state index contributed by atoms with van der Waals surface area (Å²) in [5.74, 6) is -1.31. The molecule has 0 aliphatic carbocycles. The molecule has 2 heterocycles. The van der Waals surface area contributed by atoms with Gasteiger partial charge < -0.3 is 0 Å². The SMILES string of the molecule is N#CC(C(=O)CCl)c1nc(-c2cccs2)cs1. The maximum Gasteiger partial charge on any atom is 0.171 e. The molecular formula is C11H7ClN2OS2. The van der Waals surface area contributed by atoms with Crippen LogP contribution in [0.2, 0.25) is 0 Å². The van der Waals surface area contributed by atoms with E-state index in [9.17, 15) is 4.79 Å². The predicted octanol–water partition coefficient (Wildman–Crippen LogP) is 3.29. The van der Waals surface area contributed by atoms with Crippen LogP contribution in [0.1, 0.15) is 10.9 Å². The molecule has 1 unspecified atom stereocenters. The van der Waals surface area contributed by atoms with Crippen LogP contribution in [0.25, 0.3) is 10.6 Å². The van der Waals surface area contributed by atoms with Gasteiger partial charge in [-0.25, -0.2) is 4.98 Å². The highest BCUT2D eigenvalue weighted by atomic mass is 35.5. The molecule has 3 nitrogen and oxygen atoms in total. The molecule has 0 fully saturated rings. The Labute approximate surface area is 111 Å². The lowest BCUT2D eigenvalue weighted by Crippen LogP contribution is -2.11. The monoisotopic (exact) mass is 282 g/mol. The number of aromatic nitrogens is 1. The Bertz CT molecular complexity index is 556. The second-order valence-electron chi connectivity index (χ2n) is 3.21. The van der Waals surface area contributed by atoms with Crippen molar-refractivity contribution in [3.8, 4) is 16.6 Å². The van der Waals surface area contributed by atoms with Gasteiger partial charge in [-0.2, -0.15) is 5.26 Å². The highest BCUT2D eigenvalue weighted by molar-refractivity contribution is 7.14. The number of thiazole rings is 1. The topological polar surface area (TPSA) is 53.8 Å². The molecule has 0 saturated carbocycles. The Kier molecular flexibility index (Phi) is 3.89. The van der Waals surface area contributed by atoms with Gasteiger partial charge in [0.2, 0.25) is 0 Å². The van der Waals surface area contributed by atoms with Gasteiger partial charge in [-0.1, -0.05) is 6.07 Å². The number of rotatable bonds is 4. The van der Waals surface area contributed by atoms with Crippen molar-refractivity contribution >= 4 is 40.1 Å². The Morgan fingerprint density at radius 1 is 1.59 bits per heavy atom. The molecule has 6 heteroatoms. The fourth-order valence-corrected chi connectivity index (χ4v) is 3.10. The van der Waals surface area contributed by atoms with Gasteiger partial charge in [-0.05, 0) is 11.4 Å². The van der Waals surface area contributed by atoms with Crippen LogP contribution in [0.15, 0.2) is 22.9 Å². The summed E-state index contributed by atoms with van der Waals surface area (Å²) in [6.07, 6.45) is 0. The standard InChI is InChI=1S/C11H7ClN2OS2/c12-4-9(15)7(5-13)11-14-8(6-17-11)10-2-1-3-16-10/h1-3,6-7H,4H2. The van der Waals surface area contributed by atoms with Crippen molar-refractivity contribution in [1.29, 1.82) is 5.26 Å². The summed E-state index contributed by atoms with van der Waals surface area (Å²) in [4.78, 5) is 16.8.